The Morgan fingerprint density at radius 2 is 2.11 bits per heavy atom. The second-order valence-corrected chi connectivity index (χ2v) is 6.23. The largest absolute Gasteiger partial charge is 0.508 e. The van der Waals surface area contributed by atoms with Crippen LogP contribution in [0.3, 0.4) is 0 Å². The number of nitrogens with one attached hydrogen (secondary N) is 1. The van der Waals surface area contributed by atoms with Gasteiger partial charge in [0.15, 0.2) is 0 Å². The molecule has 0 heterocycles. The van der Waals surface area contributed by atoms with Crippen LogP contribution in [-0.2, 0) is 0 Å². The van der Waals surface area contributed by atoms with E-state index in [1.165, 1.54) is 6.07 Å². The molecule has 0 saturated heterocycles. The van der Waals surface area contributed by atoms with E-state index in [1.54, 1.807) is 19.1 Å². The smallest absolute Gasteiger partial charge is 0.251 e. The van der Waals surface area contributed by atoms with Gasteiger partial charge in [-0.25, -0.2) is 0 Å². The fourth-order valence-corrected chi connectivity index (χ4v) is 2.56. The van der Waals surface area contributed by atoms with E-state index >= 15 is 0 Å². The summed E-state index contributed by atoms with van der Waals surface area (Å²) in [6.45, 7) is 6.68. The summed E-state index contributed by atoms with van der Waals surface area (Å²) in [4.78, 5) is 12.1. The lowest BCUT2D eigenvalue weighted by Gasteiger charge is -2.13. The highest BCUT2D eigenvalue weighted by Gasteiger charge is 2.11. The summed E-state index contributed by atoms with van der Waals surface area (Å²) in [6, 6.07) is 4.95. The Kier molecular flexibility index (Phi) is 5.66. The second kappa shape index (κ2) is 6.78. The van der Waals surface area contributed by atoms with Gasteiger partial charge >= 0.3 is 0 Å². The topological polar surface area (TPSA) is 49.3 Å². The molecule has 0 bridgehead atoms. The summed E-state index contributed by atoms with van der Waals surface area (Å²) in [5.74, 6) is 0.591. The maximum absolute atomic E-state index is 11.9. The molecule has 18 heavy (non-hydrogen) atoms. The maximum Gasteiger partial charge on any atom is 0.251 e. The molecule has 0 aliphatic carbocycles. The van der Waals surface area contributed by atoms with E-state index < -0.39 is 0 Å². The summed E-state index contributed by atoms with van der Waals surface area (Å²) in [5, 5.41) is 12.4. The molecule has 0 aliphatic heterocycles. The highest BCUT2D eigenvalue weighted by atomic mass is 79.9. The van der Waals surface area contributed by atoms with Gasteiger partial charge in [0.1, 0.15) is 5.75 Å². The molecule has 0 aliphatic rings. The molecule has 1 amide bonds. The van der Waals surface area contributed by atoms with E-state index in [0.29, 0.717) is 18.0 Å². The molecular formula is C14H20BrNO2. The lowest BCUT2D eigenvalue weighted by Crippen LogP contribution is -2.30. The first-order valence-corrected chi connectivity index (χ1v) is 7.03. The number of amides is 1. The first-order valence-electron chi connectivity index (χ1n) is 6.12. The van der Waals surface area contributed by atoms with Crippen LogP contribution in [-0.4, -0.2) is 22.4 Å². The predicted octanol–water partition coefficient (Wildman–Crippen LogP) is 3.24. The van der Waals surface area contributed by atoms with Crippen molar-refractivity contribution in [1.29, 1.82) is 0 Å². The van der Waals surface area contributed by atoms with Crippen LogP contribution in [0.15, 0.2) is 18.2 Å². The molecule has 0 radical (unpaired) electrons. The van der Waals surface area contributed by atoms with E-state index in [2.05, 4.69) is 35.1 Å². The molecular weight excluding hydrogens is 294 g/mol. The molecule has 0 aromatic heterocycles. The standard InChI is InChI=1S/C14H20BrNO2/c1-9(2)6-12(15)8-16-14(18)11-5-4-10(3)13(17)7-11/h4-5,7,9,12,17H,6,8H2,1-3H3,(H,16,18). The number of rotatable bonds is 5. The Morgan fingerprint density at radius 1 is 1.44 bits per heavy atom. The molecule has 4 heteroatoms. The normalized spacial score (nSPS) is 12.5. The van der Waals surface area contributed by atoms with Crippen LogP contribution in [0.25, 0.3) is 0 Å². The average molecular weight is 314 g/mol. The molecule has 0 spiro atoms. The number of phenolic OH excluding ortho intramolecular Hbond substituents is 1. The molecule has 1 rings (SSSR count). The summed E-state index contributed by atoms with van der Waals surface area (Å²) in [6.07, 6.45) is 1.01. The molecule has 100 valence electrons. The Labute approximate surface area is 117 Å². The van der Waals surface area contributed by atoms with Crippen molar-refractivity contribution < 1.29 is 9.90 Å². The van der Waals surface area contributed by atoms with Crippen molar-refractivity contribution in [3.8, 4) is 5.75 Å². The number of aryl methyl sites for hydroxylation is 1. The van der Waals surface area contributed by atoms with Crippen molar-refractivity contribution in [3.63, 3.8) is 0 Å². The van der Waals surface area contributed by atoms with Gasteiger partial charge in [-0.2, -0.15) is 0 Å². The van der Waals surface area contributed by atoms with Gasteiger partial charge in [-0.05, 0) is 37.0 Å². The number of carbonyl (C=O) groups is 1. The zero-order valence-corrected chi connectivity index (χ0v) is 12.6. The molecule has 2 N–H and O–H groups in total. The lowest BCUT2D eigenvalue weighted by molar-refractivity contribution is 0.0953. The van der Waals surface area contributed by atoms with E-state index in [-0.39, 0.29) is 16.5 Å². The third-order valence-electron chi connectivity index (χ3n) is 2.68. The van der Waals surface area contributed by atoms with Crippen LogP contribution < -0.4 is 5.32 Å². The van der Waals surface area contributed by atoms with Crippen LogP contribution in [0, 0.1) is 12.8 Å². The highest BCUT2D eigenvalue weighted by molar-refractivity contribution is 9.09. The van der Waals surface area contributed by atoms with Gasteiger partial charge in [0, 0.05) is 16.9 Å². The van der Waals surface area contributed by atoms with Crippen LogP contribution in [0.2, 0.25) is 0 Å². The van der Waals surface area contributed by atoms with E-state index in [0.717, 1.165) is 12.0 Å². The highest BCUT2D eigenvalue weighted by Crippen LogP contribution is 2.17. The summed E-state index contributed by atoms with van der Waals surface area (Å²) < 4.78 is 0. The molecule has 1 atom stereocenters. The third kappa shape index (κ3) is 4.69. The minimum Gasteiger partial charge on any atom is -0.508 e. The fourth-order valence-electron chi connectivity index (χ4n) is 1.65. The van der Waals surface area contributed by atoms with Gasteiger partial charge in [-0.15, -0.1) is 0 Å². The number of aromatic hydroxyl groups is 1. The Balaban J connectivity index is 2.52. The van der Waals surface area contributed by atoms with Crippen LogP contribution in [0.5, 0.6) is 5.75 Å². The van der Waals surface area contributed by atoms with Crippen molar-refractivity contribution in [2.75, 3.05) is 6.54 Å². The number of phenols is 1. The quantitative estimate of drug-likeness (QED) is 0.820. The van der Waals surface area contributed by atoms with Gasteiger partial charge in [0.2, 0.25) is 0 Å². The number of hydrogen-bond acceptors (Lipinski definition) is 2. The lowest BCUT2D eigenvalue weighted by atomic mass is 10.1. The van der Waals surface area contributed by atoms with Crippen LogP contribution in [0.4, 0.5) is 0 Å². The van der Waals surface area contributed by atoms with Crippen molar-refractivity contribution in [3.05, 3.63) is 29.3 Å². The van der Waals surface area contributed by atoms with Gasteiger partial charge in [0.05, 0.1) is 0 Å². The van der Waals surface area contributed by atoms with Crippen LogP contribution >= 0.6 is 15.9 Å². The molecule has 1 unspecified atom stereocenters. The molecule has 1 aromatic rings. The first kappa shape index (κ1) is 15.0. The molecule has 0 saturated carbocycles. The zero-order valence-electron chi connectivity index (χ0n) is 11.0. The number of carbonyl (C=O) groups excluding carboxylic acids is 1. The average Bonchev–Trinajstić information content (AvgIpc) is 2.28. The zero-order chi connectivity index (χ0) is 13.7. The molecule has 0 fully saturated rings. The summed E-state index contributed by atoms with van der Waals surface area (Å²) in [5.41, 5.74) is 1.26. The summed E-state index contributed by atoms with van der Waals surface area (Å²) in [7, 11) is 0. The first-order chi connectivity index (χ1) is 8.40. The SMILES string of the molecule is Cc1ccc(C(=O)NCC(Br)CC(C)C)cc1O. The van der Waals surface area contributed by atoms with Crippen molar-refractivity contribution in [2.45, 2.75) is 32.0 Å². The van der Waals surface area contributed by atoms with Crippen molar-refractivity contribution in [1.82, 2.24) is 5.32 Å². The third-order valence-corrected chi connectivity index (χ3v) is 3.38. The Morgan fingerprint density at radius 3 is 2.67 bits per heavy atom. The van der Waals surface area contributed by atoms with Gasteiger partial charge in [-0.3, -0.25) is 4.79 Å². The Bertz CT molecular complexity index is 418. The molecule has 1 aromatic carbocycles. The minimum atomic E-state index is -0.154. The monoisotopic (exact) mass is 313 g/mol. The minimum absolute atomic E-state index is 0.153. The number of halogens is 1. The second-order valence-electron chi connectivity index (χ2n) is 4.94. The molecule has 3 nitrogen and oxygen atoms in total. The number of hydrogen-bond donors (Lipinski definition) is 2. The number of alkyl halides is 1. The Hall–Kier alpha value is -1.03. The predicted molar refractivity (Wildman–Crippen MR) is 77.3 cm³/mol. The van der Waals surface area contributed by atoms with Gasteiger partial charge in [0.25, 0.3) is 5.91 Å². The maximum atomic E-state index is 11.9. The van der Waals surface area contributed by atoms with E-state index in [4.69, 9.17) is 0 Å². The van der Waals surface area contributed by atoms with Gasteiger partial charge < -0.3 is 10.4 Å². The van der Waals surface area contributed by atoms with Crippen molar-refractivity contribution >= 4 is 21.8 Å². The fraction of sp³-hybridized carbons (Fsp3) is 0.500. The van der Waals surface area contributed by atoms with E-state index in [1.807, 2.05) is 0 Å². The van der Waals surface area contributed by atoms with Gasteiger partial charge in [-0.1, -0.05) is 35.8 Å². The van der Waals surface area contributed by atoms with E-state index in [9.17, 15) is 9.90 Å². The number of benzene rings is 1. The summed E-state index contributed by atoms with van der Waals surface area (Å²) >= 11 is 3.54. The van der Waals surface area contributed by atoms with Crippen LogP contribution in [0.1, 0.15) is 36.2 Å². The van der Waals surface area contributed by atoms with Crippen molar-refractivity contribution in [2.24, 2.45) is 5.92 Å².